The van der Waals surface area contributed by atoms with E-state index in [4.69, 9.17) is 0 Å². The van der Waals surface area contributed by atoms with Gasteiger partial charge in [0.2, 0.25) is 15.9 Å². The number of thiazole rings is 1. The van der Waals surface area contributed by atoms with E-state index >= 15 is 0 Å². The number of hydrogen-bond acceptors (Lipinski definition) is 5. The van der Waals surface area contributed by atoms with Crippen LogP contribution in [0, 0.1) is 5.92 Å². The molecule has 0 spiro atoms. The quantitative estimate of drug-likeness (QED) is 0.762. The van der Waals surface area contributed by atoms with Crippen molar-refractivity contribution >= 4 is 27.3 Å². The first-order chi connectivity index (χ1) is 12.9. The number of carbonyl (C=O) groups excluding carboxylic acids is 1. The zero-order chi connectivity index (χ0) is 19.3. The predicted molar refractivity (Wildman–Crippen MR) is 107 cm³/mol. The lowest BCUT2D eigenvalue weighted by Gasteiger charge is -2.32. The van der Waals surface area contributed by atoms with Gasteiger partial charge in [0.05, 0.1) is 23.4 Å². The van der Waals surface area contributed by atoms with Gasteiger partial charge in [-0.2, -0.15) is 0 Å². The van der Waals surface area contributed by atoms with Crippen LogP contribution < -0.4 is 4.72 Å². The van der Waals surface area contributed by atoms with Crippen LogP contribution in [0.5, 0.6) is 0 Å². The van der Waals surface area contributed by atoms with Gasteiger partial charge in [0.1, 0.15) is 0 Å². The maximum atomic E-state index is 12.6. The summed E-state index contributed by atoms with van der Waals surface area (Å²) in [5, 5.41) is 2.97. The van der Waals surface area contributed by atoms with Gasteiger partial charge in [-0.15, -0.1) is 11.3 Å². The molecule has 2 aromatic rings. The summed E-state index contributed by atoms with van der Waals surface area (Å²) < 4.78 is 25.1. The molecule has 27 heavy (non-hydrogen) atoms. The first-order valence-electron chi connectivity index (χ1n) is 9.08. The first-order valence-corrected chi connectivity index (χ1v) is 11.9. The van der Waals surface area contributed by atoms with Crippen molar-refractivity contribution in [1.82, 2.24) is 14.6 Å². The molecule has 1 atom stereocenters. The van der Waals surface area contributed by atoms with Crippen molar-refractivity contribution in [2.75, 3.05) is 25.9 Å². The van der Waals surface area contributed by atoms with Crippen molar-refractivity contribution in [3.8, 4) is 0 Å². The normalized spacial score (nSPS) is 17.8. The lowest BCUT2D eigenvalue weighted by Crippen LogP contribution is -2.44. The fraction of sp³-hybridized carbons (Fsp3) is 0.474. The van der Waals surface area contributed by atoms with Crippen LogP contribution in [0.3, 0.4) is 0 Å². The maximum Gasteiger partial charge on any atom is 0.228 e. The number of nitrogens with one attached hydrogen (secondary N) is 1. The Balaban J connectivity index is 1.52. The van der Waals surface area contributed by atoms with E-state index in [0.29, 0.717) is 19.5 Å². The van der Waals surface area contributed by atoms with Crippen LogP contribution in [-0.2, 0) is 27.7 Å². The van der Waals surface area contributed by atoms with E-state index in [9.17, 15) is 13.2 Å². The third-order valence-corrected chi connectivity index (χ3v) is 6.22. The Bertz CT molecular complexity index is 865. The third-order valence-electron chi connectivity index (χ3n) is 4.64. The van der Waals surface area contributed by atoms with Crippen molar-refractivity contribution in [3.05, 3.63) is 52.0 Å². The van der Waals surface area contributed by atoms with Crippen LogP contribution in [0.25, 0.3) is 0 Å². The number of piperidine rings is 1. The highest BCUT2D eigenvalue weighted by molar-refractivity contribution is 7.88. The summed E-state index contributed by atoms with van der Waals surface area (Å²) >= 11 is 1.59. The lowest BCUT2D eigenvalue weighted by molar-refractivity contribution is -0.132. The van der Waals surface area contributed by atoms with Gasteiger partial charge < -0.3 is 4.90 Å². The number of sulfonamides is 1. The van der Waals surface area contributed by atoms with Crippen molar-refractivity contribution < 1.29 is 13.2 Å². The third kappa shape index (κ3) is 6.41. The van der Waals surface area contributed by atoms with Gasteiger partial charge in [0, 0.05) is 31.4 Å². The number of likely N-dealkylation sites (tertiary alicyclic amines) is 1. The molecule has 6 nitrogen and oxygen atoms in total. The lowest BCUT2D eigenvalue weighted by atomic mass is 9.98. The van der Waals surface area contributed by atoms with Gasteiger partial charge in [0.15, 0.2) is 0 Å². The van der Waals surface area contributed by atoms with Gasteiger partial charge in [-0.25, -0.2) is 18.1 Å². The number of hydrogen-bond donors (Lipinski definition) is 1. The molecule has 0 unspecified atom stereocenters. The van der Waals surface area contributed by atoms with Gasteiger partial charge >= 0.3 is 0 Å². The summed E-state index contributed by atoms with van der Waals surface area (Å²) in [7, 11) is -3.19. The predicted octanol–water partition coefficient (Wildman–Crippen LogP) is 2.06. The molecule has 1 amide bonds. The smallest absolute Gasteiger partial charge is 0.228 e. The van der Waals surface area contributed by atoms with Gasteiger partial charge in [-0.1, -0.05) is 30.3 Å². The Labute approximate surface area is 164 Å². The van der Waals surface area contributed by atoms with E-state index in [1.54, 1.807) is 11.3 Å². The molecule has 8 heteroatoms. The summed E-state index contributed by atoms with van der Waals surface area (Å²) in [6.07, 6.45) is 4.08. The summed E-state index contributed by atoms with van der Waals surface area (Å²) in [6, 6.07) is 10.2. The largest absolute Gasteiger partial charge is 0.342 e. The second-order valence-corrected chi connectivity index (χ2v) is 9.82. The molecule has 1 aromatic carbocycles. The number of carbonyl (C=O) groups is 1. The van der Waals surface area contributed by atoms with Gasteiger partial charge in [-0.05, 0) is 24.3 Å². The number of benzene rings is 1. The van der Waals surface area contributed by atoms with E-state index in [1.165, 1.54) is 5.56 Å². The molecule has 2 heterocycles. The Morgan fingerprint density at radius 3 is 2.85 bits per heavy atom. The minimum atomic E-state index is -3.19. The molecule has 1 saturated heterocycles. The van der Waals surface area contributed by atoms with E-state index < -0.39 is 10.0 Å². The monoisotopic (exact) mass is 407 g/mol. The standard InChI is InChI=1S/C19H25N3O3S2/c1-27(24,25)20-12-16-8-5-9-22(13-16)19(23)11-17-14-26-18(21-17)10-15-6-3-2-4-7-15/h2-4,6-7,14,16,20H,5,8-13H2,1H3/t16-/m1/s1. The molecule has 0 aliphatic carbocycles. The molecule has 1 N–H and O–H groups in total. The number of aromatic nitrogens is 1. The van der Waals surface area contributed by atoms with Crippen LogP contribution in [0.4, 0.5) is 0 Å². The van der Waals surface area contributed by atoms with E-state index in [-0.39, 0.29) is 11.8 Å². The van der Waals surface area contributed by atoms with Crippen LogP contribution in [0.15, 0.2) is 35.7 Å². The van der Waals surface area contributed by atoms with Crippen molar-refractivity contribution in [1.29, 1.82) is 0 Å². The Hall–Kier alpha value is -1.77. The first kappa shape index (κ1) is 20.0. The van der Waals surface area contributed by atoms with Crippen molar-refractivity contribution in [3.63, 3.8) is 0 Å². The molecule has 1 aliphatic rings. The highest BCUT2D eigenvalue weighted by atomic mass is 32.2. The van der Waals surface area contributed by atoms with Crippen LogP contribution in [0.2, 0.25) is 0 Å². The van der Waals surface area contributed by atoms with E-state index in [1.807, 2.05) is 28.5 Å². The topological polar surface area (TPSA) is 79.4 Å². The second-order valence-electron chi connectivity index (χ2n) is 7.04. The molecule has 1 aromatic heterocycles. The molecule has 0 radical (unpaired) electrons. The zero-order valence-corrected chi connectivity index (χ0v) is 17.1. The second kappa shape index (κ2) is 8.95. The van der Waals surface area contributed by atoms with Crippen LogP contribution in [-0.4, -0.2) is 50.1 Å². The van der Waals surface area contributed by atoms with E-state index in [0.717, 1.165) is 42.8 Å². The number of rotatable bonds is 7. The minimum Gasteiger partial charge on any atom is -0.342 e. The molecule has 146 valence electrons. The fourth-order valence-electron chi connectivity index (χ4n) is 3.28. The average Bonchev–Trinajstić information content (AvgIpc) is 3.07. The maximum absolute atomic E-state index is 12.6. The minimum absolute atomic E-state index is 0.0654. The highest BCUT2D eigenvalue weighted by Gasteiger charge is 2.24. The molecular formula is C19H25N3O3S2. The van der Waals surface area contributed by atoms with Crippen LogP contribution >= 0.6 is 11.3 Å². The molecule has 3 rings (SSSR count). The fourth-order valence-corrected chi connectivity index (χ4v) is 4.64. The van der Waals surface area contributed by atoms with Gasteiger partial charge in [-0.3, -0.25) is 4.79 Å². The van der Waals surface area contributed by atoms with Crippen molar-refractivity contribution in [2.45, 2.75) is 25.7 Å². The zero-order valence-electron chi connectivity index (χ0n) is 15.4. The Kier molecular flexibility index (Phi) is 6.62. The molecule has 1 fully saturated rings. The molecular weight excluding hydrogens is 382 g/mol. The highest BCUT2D eigenvalue weighted by Crippen LogP contribution is 2.19. The summed E-state index contributed by atoms with van der Waals surface area (Å²) in [4.78, 5) is 19.1. The molecule has 0 saturated carbocycles. The Morgan fingerprint density at radius 2 is 2.11 bits per heavy atom. The number of amides is 1. The number of nitrogens with zero attached hydrogens (tertiary/aromatic N) is 2. The summed E-state index contributed by atoms with van der Waals surface area (Å²) in [5.74, 6) is 0.233. The summed E-state index contributed by atoms with van der Waals surface area (Å²) in [6.45, 7) is 1.72. The van der Waals surface area contributed by atoms with Crippen molar-refractivity contribution in [2.24, 2.45) is 5.92 Å². The molecule has 1 aliphatic heterocycles. The molecule has 0 bridgehead atoms. The van der Waals surface area contributed by atoms with Crippen LogP contribution in [0.1, 0.15) is 29.1 Å². The van der Waals surface area contributed by atoms with Gasteiger partial charge in [0.25, 0.3) is 0 Å². The van der Waals surface area contributed by atoms with E-state index in [2.05, 4.69) is 21.8 Å². The average molecular weight is 408 g/mol. The summed E-state index contributed by atoms with van der Waals surface area (Å²) in [5.41, 5.74) is 2.02. The SMILES string of the molecule is CS(=O)(=O)NC[C@H]1CCCN(C(=O)Cc2csc(Cc3ccccc3)n2)C1. The Morgan fingerprint density at radius 1 is 1.33 bits per heavy atom.